The smallest absolute Gasteiger partial charge is 0.345 e. The van der Waals surface area contributed by atoms with E-state index in [9.17, 15) is 4.79 Å². The van der Waals surface area contributed by atoms with Crippen LogP contribution in [0, 0.1) is 5.92 Å². The monoisotopic (exact) mass is 422 g/mol. The lowest BCUT2D eigenvalue weighted by molar-refractivity contribution is 0.0203. The molecule has 0 radical (unpaired) electrons. The van der Waals surface area contributed by atoms with Crippen molar-refractivity contribution in [2.45, 2.75) is 65.0 Å². The number of fused-ring (bicyclic) bond motifs is 1. The standard InChI is InChI=1S/C21H38N6O3/c1-2-22-20(24-11-6-14-30-17-18-8-15-29-16-9-18)23-10-5-13-27-21(28)26-12-4-3-7-19(26)25-27/h18H,2-17H2,1H3,(H2,22,23,24). The van der Waals surface area contributed by atoms with E-state index in [0.29, 0.717) is 19.0 Å². The van der Waals surface area contributed by atoms with Crippen molar-refractivity contribution in [3.63, 3.8) is 0 Å². The molecule has 1 saturated heterocycles. The third kappa shape index (κ3) is 7.12. The van der Waals surface area contributed by atoms with Crippen molar-refractivity contribution < 1.29 is 9.47 Å². The molecule has 2 N–H and O–H groups in total. The van der Waals surface area contributed by atoms with E-state index in [-0.39, 0.29) is 5.69 Å². The Morgan fingerprint density at radius 1 is 1.27 bits per heavy atom. The Hall–Kier alpha value is -1.87. The summed E-state index contributed by atoms with van der Waals surface area (Å²) in [6.07, 6.45) is 7.07. The van der Waals surface area contributed by atoms with Crippen LogP contribution in [0.3, 0.4) is 0 Å². The number of nitrogens with zero attached hydrogens (tertiary/aromatic N) is 4. The molecule has 0 aromatic carbocycles. The lowest BCUT2D eigenvalue weighted by Gasteiger charge is -2.21. The van der Waals surface area contributed by atoms with Gasteiger partial charge in [-0.25, -0.2) is 9.48 Å². The van der Waals surface area contributed by atoms with Gasteiger partial charge in [0.1, 0.15) is 5.82 Å². The van der Waals surface area contributed by atoms with Gasteiger partial charge in [-0.2, -0.15) is 5.10 Å². The fraction of sp³-hybridized carbons (Fsp3) is 0.857. The maximum absolute atomic E-state index is 12.4. The van der Waals surface area contributed by atoms with E-state index in [4.69, 9.17) is 9.47 Å². The molecule has 2 aliphatic rings. The van der Waals surface area contributed by atoms with Gasteiger partial charge in [0.25, 0.3) is 0 Å². The van der Waals surface area contributed by atoms with E-state index in [2.05, 4.69) is 27.6 Å². The molecule has 0 amide bonds. The van der Waals surface area contributed by atoms with Gasteiger partial charge in [-0.05, 0) is 51.4 Å². The summed E-state index contributed by atoms with van der Waals surface area (Å²) in [7, 11) is 0. The summed E-state index contributed by atoms with van der Waals surface area (Å²) < 4.78 is 14.6. The summed E-state index contributed by atoms with van der Waals surface area (Å²) >= 11 is 0. The molecule has 0 unspecified atom stereocenters. The predicted octanol–water partition coefficient (Wildman–Crippen LogP) is 1.16. The Bertz CT molecular complexity index is 708. The number of aliphatic imine (C=N–C) groups is 1. The van der Waals surface area contributed by atoms with Gasteiger partial charge in [0.15, 0.2) is 5.96 Å². The zero-order chi connectivity index (χ0) is 21.0. The van der Waals surface area contributed by atoms with Crippen molar-refractivity contribution in [3.05, 3.63) is 16.3 Å². The van der Waals surface area contributed by atoms with Crippen molar-refractivity contribution >= 4 is 5.96 Å². The molecule has 1 aromatic rings. The van der Waals surface area contributed by atoms with Crippen molar-refractivity contribution in [3.8, 4) is 0 Å². The van der Waals surface area contributed by atoms with Crippen LogP contribution in [0.4, 0.5) is 0 Å². The molecular formula is C21H38N6O3. The molecule has 2 aliphatic heterocycles. The number of aromatic nitrogens is 3. The Labute approximate surface area is 179 Å². The molecule has 1 fully saturated rings. The first-order valence-electron chi connectivity index (χ1n) is 11.6. The number of guanidine groups is 1. The number of rotatable bonds is 11. The van der Waals surface area contributed by atoms with E-state index >= 15 is 0 Å². The van der Waals surface area contributed by atoms with Crippen LogP contribution in [0.2, 0.25) is 0 Å². The van der Waals surface area contributed by atoms with Crippen molar-refractivity contribution in [2.75, 3.05) is 46.1 Å². The molecule has 3 heterocycles. The topological polar surface area (TPSA) is 94.7 Å². The molecule has 0 bridgehead atoms. The van der Waals surface area contributed by atoms with Crippen LogP contribution in [-0.4, -0.2) is 66.4 Å². The first-order chi connectivity index (χ1) is 14.8. The molecule has 30 heavy (non-hydrogen) atoms. The average Bonchev–Trinajstić information content (AvgIpc) is 3.10. The Morgan fingerprint density at radius 3 is 2.93 bits per heavy atom. The molecule has 170 valence electrons. The molecule has 0 saturated carbocycles. The van der Waals surface area contributed by atoms with Crippen LogP contribution in [0.5, 0.6) is 0 Å². The number of aryl methyl sites for hydroxylation is 2. The summed E-state index contributed by atoms with van der Waals surface area (Å²) in [5.41, 5.74) is 0.0273. The van der Waals surface area contributed by atoms with Crippen LogP contribution in [0.15, 0.2) is 9.79 Å². The van der Waals surface area contributed by atoms with Crippen LogP contribution in [-0.2, 0) is 29.0 Å². The minimum Gasteiger partial charge on any atom is -0.381 e. The fourth-order valence-electron chi connectivity index (χ4n) is 3.89. The minimum absolute atomic E-state index is 0.0273. The first-order valence-corrected chi connectivity index (χ1v) is 11.6. The van der Waals surface area contributed by atoms with Gasteiger partial charge in [-0.15, -0.1) is 0 Å². The van der Waals surface area contributed by atoms with Crippen molar-refractivity contribution in [2.24, 2.45) is 10.9 Å². The number of hydrogen-bond acceptors (Lipinski definition) is 5. The predicted molar refractivity (Wildman–Crippen MR) is 117 cm³/mol. The highest BCUT2D eigenvalue weighted by Crippen LogP contribution is 2.14. The van der Waals surface area contributed by atoms with Gasteiger partial charge in [-0.1, -0.05) is 0 Å². The maximum atomic E-state index is 12.4. The SMILES string of the molecule is CCNC(=NCCCn1nc2n(c1=O)CCCC2)NCCCOCC1CCOCC1. The third-order valence-electron chi connectivity index (χ3n) is 5.63. The van der Waals surface area contributed by atoms with Gasteiger partial charge in [0.2, 0.25) is 0 Å². The summed E-state index contributed by atoms with van der Waals surface area (Å²) in [6, 6.07) is 0. The Kier molecular flexibility index (Phi) is 9.69. The lowest BCUT2D eigenvalue weighted by atomic mass is 10.0. The molecule has 3 rings (SSSR count). The van der Waals surface area contributed by atoms with Crippen LogP contribution >= 0.6 is 0 Å². The average molecular weight is 423 g/mol. The highest BCUT2D eigenvalue weighted by atomic mass is 16.5. The quantitative estimate of drug-likeness (QED) is 0.316. The van der Waals surface area contributed by atoms with Crippen molar-refractivity contribution in [1.29, 1.82) is 0 Å². The third-order valence-corrected chi connectivity index (χ3v) is 5.63. The van der Waals surface area contributed by atoms with E-state index in [1.54, 1.807) is 4.68 Å². The van der Waals surface area contributed by atoms with E-state index in [1.165, 1.54) is 0 Å². The summed E-state index contributed by atoms with van der Waals surface area (Å²) in [5.74, 6) is 2.40. The van der Waals surface area contributed by atoms with Gasteiger partial charge in [0.05, 0.1) is 0 Å². The highest BCUT2D eigenvalue weighted by Gasteiger charge is 2.16. The number of ether oxygens (including phenoxy) is 2. The summed E-state index contributed by atoms with van der Waals surface area (Å²) in [5, 5.41) is 11.1. The van der Waals surface area contributed by atoms with Crippen molar-refractivity contribution in [1.82, 2.24) is 25.0 Å². The molecule has 9 heteroatoms. The van der Waals surface area contributed by atoms with Gasteiger partial charge < -0.3 is 20.1 Å². The van der Waals surface area contributed by atoms with E-state index in [1.807, 2.05) is 4.57 Å². The van der Waals surface area contributed by atoms with Gasteiger partial charge in [-0.3, -0.25) is 9.56 Å². The van der Waals surface area contributed by atoms with Crippen LogP contribution in [0.1, 0.15) is 51.3 Å². The second kappa shape index (κ2) is 12.7. The Balaban J connectivity index is 1.31. The Morgan fingerprint density at radius 2 is 2.13 bits per heavy atom. The lowest BCUT2D eigenvalue weighted by Crippen LogP contribution is -2.38. The molecule has 0 aliphatic carbocycles. The second-order valence-electron chi connectivity index (χ2n) is 8.06. The maximum Gasteiger partial charge on any atom is 0.345 e. The number of hydrogen-bond donors (Lipinski definition) is 2. The summed E-state index contributed by atoms with van der Waals surface area (Å²) in [6.45, 7) is 9.12. The minimum atomic E-state index is 0.0273. The molecule has 0 spiro atoms. The molecule has 0 atom stereocenters. The normalized spacial score (nSPS) is 17.7. The zero-order valence-electron chi connectivity index (χ0n) is 18.4. The first kappa shape index (κ1) is 22.8. The van der Waals surface area contributed by atoms with Crippen LogP contribution in [0.25, 0.3) is 0 Å². The highest BCUT2D eigenvalue weighted by molar-refractivity contribution is 5.79. The summed E-state index contributed by atoms with van der Waals surface area (Å²) in [4.78, 5) is 17.0. The second-order valence-corrected chi connectivity index (χ2v) is 8.06. The van der Waals surface area contributed by atoms with E-state index in [0.717, 1.165) is 103 Å². The number of nitrogens with one attached hydrogen (secondary N) is 2. The zero-order valence-corrected chi connectivity index (χ0v) is 18.4. The van der Waals surface area contributed by atoms with Gasteiger partial charge in [0, 0.05) is 65.6 Å². The molecule has 9 nitrogen and oxygen atoms in total. The van der Waals surface area contributed by atoms with E-state index < -0.39 is 0 Å². The fourth-order valence-corrected chi connectivity index (χ4v) is 3.89. The largest absolute Gasteiger partial charge is 0.381 e. The molecular weight excluding hydrogens is 384 g/mol. The molecule has 1 aromatic heterocycles. The van der Waals surface area contributed by atoms with Gasteiger partial charge >= 0.3 is 5.69 Å². The van der Waals surface area contributed by atoms with Crippen LogP contribution < -0.4 is 16.3 Å².